The van der Waals surface area contributed by atoms with Gasteiger partial charge in [0.05, 0.1) is 12.2 Å². The summed E-state index contributed by atoms with van der Waals surface area (Å²) in [6.07, 6.45) is 25.0. The van der Waals surface area contributed by atoms with Crippen molar-refractivity contribution >= 4 is 0 Å². The average molecular weight is 589 g/mol. The van der Waals surface area contributed by atoms with Crippen LogP contribution < -0.4 is 11.1 Å². The zero-order valence-electron chi connectivity index (χ0n) is 28.8. The van der Waals surface area contributed by atoms with E-state index in [2.05, 4.69) is 39.9 Å². The lowest BCUT2D eigenvalue weighted by Gasteiger charge is -2.63. The molecule has 4 aliphatic rings. The van der Waals surface area contributed by atoms with Crippen molar-refractivity contribution in [1.82, 2.24) is 5.32 Å². The van der Waals surface area contributed by atoms with E-state index in [1.807, 2.05) is 0 Å². The van der Waals surface area contributed by atoms with Crippen LogP contribution >= 0.6 is 0 Å². The molecule has 0 radical (unpaired) electrons. The number of nitrogens with two attached hydrogens (primary N) is 1. The summed E-state index contributed by atoms with van der Waals surface area (Å²) in [7, 11) is 0. The quantitative estimate of drug-likeness (QED) is 0.148. The van der Waals surface area contributed by atoms with E-state index in [0.29, 0.717) is 23.0 Å². The van der Waals surface area contributed by atoms with Gasteiger partial charge in [-0.05, 0) is 149 Å². The van der Waals surface area contributed by atoms with Gasteiger partial charge in [0, 0.05) is 13.2 Å². The molecule has 246 valence electrons. The molecule has 0 aromatic rings. The molecular formula is C38H72N2O2. The molecule has 4 heteroatoms. The lowest BCUT2D eigenvalue weighted by molar-refractivity contribution is -0.192. The zero-order valence-corrected chi connectivity index (χ0v) is 28.8. The first-order valence-corrected chi connectivity index (χ1v) is 19.0. The van der Waals surface area contributed by atoms with Crippen LogP contribution in [-0.4, -0.2) is 45.1 Å². The summed E-state index contributed by atoms with van der Waals surface area (Å²) in [6, 6.07) is 0. The number of ether oxygens (including phenoxy) is 2. The summed E-state index contributed by atoms with van der Waals surface area (Å²) in [5.41, 5.74) is 6.56. The molecule has 10 atom stereocenters. The second-order valence-electron chi connectivity index (χ2n) is 15.8. The highest BCUT2D eigenvalue weighted by Crippen LogP contribution is 2.69. The van der Waals surface area contributed by atoms with Gasteiger partial charge in [-0.15, -0.1) is 0 Å². The van der Waals surface area contributed by atoms with E-state index >= 15 is 0 Å². The van der Waals surface area contributed by atoms with E-state index in [-0.39, 0.29) is 0 Å². The van der Waals surface area contributed by atoms with E-state index in [0.717, 1.165) is 68.1 Å². The smallest absolute Gasteiger partial charge is 0.0637 e. The van der Waals surface area contributed by atoms with Crippen LogP contribution in [0.2, 0.25) is 0 Å². The van der Waals surface area contributed by atoms with Crippen molar-refractivity contribution in [2.45, 2.75) is 162 Å². The number of hydrogen-bond acceptors (Lipinski definition) is 4. The third-order valence-electron chi connectivity index (χ3n) is 13.4. The molecule has 0 saturated heterocycles. The third kappa shape index (κ3) is 7.97. The molecule has 0 spiro atoms. The summed E-state index contributed by atoms with van der Waals surface area (Å²) in [5, 5.41) is 3.77. The first-order chi connectivity index (χ1) is 20.4. The van der Waals surface area contributed by atoms with Crippen LogP contribution in [0, 0.1) is 46.3 Å². The molecule has 4 saturated carbocycles. The van der Waals surface area contributed by atoms with Gasteiger partial charge in [0.15, 0.2) is 0 Å². The molecule has 5 unspecified atom stereocenters. The topological polar surface area (TPSA) is 56.5 Å². The maximum absolute atomic E-state index is 6.95. The van der Waals surface area contributed by atoms with Gasteiger partial charge in [-0.3, -0.25) is 0 Å². The Kier molecular flexibility index (Phi) is 14.0. The lowest BCUT2D eigenvalue weighted by atomic mass is 9.43. The van der Waals surface area contributed by atoms with Crippen molar-refractivity contribution in [2.75, 3.05) is 32.8 Å². The van der Waals surface area contributed by atoms with Crippen molar-refractivity contribution in [3.8, 4) is 0 Å². The fourth-order valence-corrected chi connectivity index (χ4v) is 11.0. The summed E-state index contributed by atoms with van der Waals surface area (Å²) in [6.45, 7) is 17.5. The van der Waals surface area contributed by atoms with Gasteiger partial charge in [-0.25, -0.2) is 0 Å². The van der Waals surface area contributed by atoms with Crippen LogP contribution in [0.3, 0.4) is 0 Å². The van der Waals surface area contributed by atoms with Crippen LogP contribution in [-0.2, 0) is 9.47 Å². The van der Waals surface area contributed by atoms with Crippen molar-refractivity contribution < 1.29 is 9.47 Å². The summed E-state index contributed by atoms with van der Waals surface area (Å²) < 4.78 is 13.3. The second-order valence-corrected chi connectivity index (χ2v) is 15.8. The predicted molar refractivity (Wildman–Crippen MR) is 179 cm³/mol. The van der Waals surface area contributed by atoms with Gasteiger partial charge in [0.25, 0.3) is 0 Å². The highest BCUT2D eigenvalue weighted by Gasteiger charge is 2.64. The summed E-state index contributed by atoms with van der Waals surface area (Å²) in [5.74, 6) is 5.04. The monoisotopic (exact) mass is 589 g/mol. The number of fused-ring (bicyclic) bond motifs is 5. The van der Waals surface area contributed by atoms with Gasteiger partial charge < -0.3 is 20.5 Å². The van der Waals surface area contributed by atoms with Gasteiger partial charge >= 0.3 is 0 Å². The molecule has 3 N–H and O–H groups in total. The minimum absolute atomic E-state index is 0.355. The normalized spacial score (nSPS) is 38.6. The molecule has 4 fully saturated rings. The Balaban J connectivity index is 1.34. The molecule has 4 nitrogen and oxygen atoms in total. The van der Waals surface area contributed by atoms with Gasteiger partial charge in [-0.1, -0.05) is 66.7 Å². The Bertz CT molecular complexity index is 761. The minimum atomic E-state index is 0.355. The largest absolute Gasteiger partial charge is 0.378 e. The third-order valence-corrected chi connectivity index (χ3v) is 13.4. The summed E-state index contributed by atoms with van der Waals surface area (Å²) >= 11 is 0. The van der Waals surface area contributed by atoms with Crippen molar-refractivity contribution in [2.24, 2.45) is 52.1 Å². The lowest BCUT2D eigenvalue weighted by Crippen LogP contribution is -2.59. The average Bonchev–Trinajstić information content (AvgIpc) is 3.35. The molecule has 4 rings (SSSR count). The predicted octanol–water partition coefficient (Wildman–Crippen LogP) is 9.15. The maximum atomic E-state index is 6.95. The van der Waals surface area contributed by atoms with Crippen molar-refractivity contribution in [1.29, 1.82) is 0 Å². The van der Waals surface area contributed by atoms with Crippen LogP contribution in [0.25, 0.3) is 0 Å². The van der Waals surface area contributed by atoms with Gasteiger partial charge in [-0.2, -0.15) is 0 Å². The number of nitrogens with one attached hydrogen (secondary N) is 1. The van der Waals surface area contributed by atoms with E-state index < -0.39 is 0 Å². The van der Waals surface area contributed by atoms with Crippen LogP contribution in [0.1, 0.15) is 150 Å². The standard InChI is InChI=1S/C38H72N2O2/c1-6-8-9-10-11-12-23-40-24-13-15-29(3)33-18-19-34-32-17-16-30-27-31(41-26-14-22-39)20-21-37(30,4)35(32)28-36(38(33,34)5)42-25-7-2/h29-36,40H,6-28,39H2,1-5H3/t29-,30?,31-,32?,33?,34+,35+,36+,37?,38?/m1/s1. The fourth-order valence-electron chi connectivity index (χ4n) is 11.0. The van der Waals surface area contributed by atoms with Gasteiger partial charge in [0.2, 0.25) is 0 Å². The number of hydrogen-bond donors (Lipinski definition) is 2. The second kappa shape index (κ2) is 17.0. The molecule has 0 aromatic heterocycles. The number of unbranched alkanes of at least 4 members (excludes halogenated alkanes) is 5. The highest BCUT2D eigenvalue weighted by atomic mass is 16.5. The Morgan fingerprint density at radius 1 is 0.786 bits per heavy atom. The van der Waals surface area contributed by atoms with Crippen LogP contribution in [0.15, 0.2) is 0 Å². The van der Waals surface area contributed by atoms with Crippen LogP contribution in [0.5, 0.6) is 0 Å². The van der Waals surface area contributed by atoms with Crippen molar-refractivity contribution in [3.05, 3.63) is 0 Å². The molecule has 0 heterocycles. The van der Waals surface area contributed by atoms with E-state index in [4.69, 9.17) is 15.2 Å². The molecule has 0 aromatic carbocycles. The Morgan fingerprint density at radius 2 is 1.57 bits per heavy atom. The van der Waals surface area contributed by atoms with E-state index in [9.17, 15) is 0 Å². The Labute approximate surface area is 261 Å². The molecular weight excluding hydrogens is 516 g/mol. The van der Waals surface area contributed by atoms with Crippen LogP contribution in [0.4, 0.5) is 0 Å². The first-order valence-electron chi connectivity index (χ1n) is 19.0. The zero-order chi connectivity index (χ0) is 30.0. The van der Waals surface area contributed by atoms with Crippen molar-refractivity contribution in [3.63, 3.8) is 0 Å². The highest BCUT2D eigenvalue weighted by molar-refractivity contribution is 5.13. The van der Waals surface area contributed by atoms with E-state index in [1.165, 1.54) is 116 Å². The molecule has 0 bridgehead atoms. The number of rotatable bonds is 19. The Morgan fingerprint density at radius 3 is 2.36 bits per heavy atom. The first kappa shape index (κ1) is 34.7. The fraction of sp³-hybridized carbons (Fsp3) is 1.00. The minimum Gasteiger partial charge on any atom is -0.378 e. The van der Waals surface area contributed by atoms with E-state index in [1.54, 1.807) is 0 Å². The Hall–Kier alpha value is -0.160. The summed E-state index contributed by atoms with van der Waals surface area (Å²) in [4.78, 5) is 0. The van der Waals surface area contributed by atoms with Gasteiger partial charge in [0.1, 0.15) is 0 Å². The molecule has 4 aliphatic carbocycles. The molecule has 0 amide bonds. The SMILES string of the molecule is CCCCCCCCNCCC[C@@H](C)C1CC[C@H]2C3CCC4C[C@H](OCCCN)CCC4(C)[C@H]3C[C@H](OCCC)C12C. The maximum Gasteiger partial charge on any atom is 0.0637 e. The molecule has 42 heavy (non-hydrogen) atoms. The molecule has 0 aliphatic heterocycles.